The molecule has 0 radical (unpaired) electrons. The minimum absolute atomic E-state index is 0.0800. The third-order valence-electron chi connectivity index (χ3n) is 19.2. The predicted octanol–water partition coefficient (Wildman–Crippen LogP) is 11.2. The second-order valence-electron chi connectivity index (χ2n) is 27.7. The topological polar surface area (TPSA) is 258 Å². The summed E-state index contributed by atoms with van der Waals surface area (Å²) in [4.78, 5) is 48.2. The van der Waals surface area contributed by atoms with Gasteiger partial charge in [-0.1, -0.05) is 106 Å². The number of sulfone groups is 3. The summed E-state index contributed by atoms with van der Waals surface area (Å²) in [5.74, 6) is -1.37. The minimum atomic E-state index is -3.62. The normalized spacial score (nSPS) is 16.4. The van der Waals surface area contributed by atoms with Gasteiger partial charge in [0.25, 0.3) is 0 Å². The van der Waals surface area contributed by atoms with Crippen molar-refractivity contribution in [3.8, 4) is 0 Å². The Bertz CT molecular complexity index is 3960. The van der Waals surface area contributed by atoms with Gasteiger partial charge < -0.3 is 64.0 Å². The van der Waals surface area contributed by atoms with Crippen molar-refractivity contribution in [3.63, 3.8) is 0 Å². The summed E-state index contributed by atoms with van der Waals surface area (Å²) in [5, 5.41) is 11.9. The van der Waals surface area contributed by atoms with Gasteiger partial charge in [-0.15, -0.1) is 0 Å². The quantitative estimate of drug-likeness (QED) is 0.0300. The fraction of sp³-hybridized carbons (Fsp3) is 0.500. The molecule has 31 heteroatoms. The predicted molar refractivity (Wildman–Crippen MR) is 427 cm³/mol. The Kier molecular flexibility index (Phi) is 35.0. The molecule has 6 aromatic rings. The second-order valence-corrected chi connectivity index (χ2v) is 36.5. The van der Waals surface area contributed by atoms with Gasteiger partial charge in [0, 0.05) is 166 Å². The van der Waals surface area contributed by atoms with Gasteiger partial charge in [0.2, 0.25) is 17.7 Å². The van der Waals surface area contributed by atoms with Crippen LogP contribution in [-0.2, 0) is 92.0 Å². The van der Waals surface area contributed by atoms with E-state index in [2.05, 4.69) is 30.7 Å². The van der Waals surface area contributed by atoms with E-state index < -0.39 is 29.5 Å². The lowest BCUT2D eigenvalue weighted by Crippen LogP contribution is -2.38. The third-order valence-corrected chi connectivity index (χ3v) is 26.3. The molecule has 0 aromatic heterocycles. The van der Waals surface area contributed by atoms with E-state index in [-0.39, 0.29) is 224 Å². The monoisotopic (exact) mass is 1680 g/mol. The molecule has 0 spiro atoms. The molecule has 22 nitrogen and oxygen atoms in total. The van der Waals surface area contributed by atoms with Crippen molar-refractivity contribution in [3.05, 3.63) is 189 Å². The maximum Gasteiger partial charge on any atom is 0.221 e. The maximum absolute atomic E-state index is 13.5. The van der Waals surface area contributed by atoms with E-state index >= 15 is 0 Å². The van der Waals surface area contributed by atoms with Crippen molar-refractivity contribution in [1.29, 1.82) is 0 Å². The van der Waals surface area contributed by atoms with E-state index in [1.165, 1.54) is 0 Å². The second kappa shape index (κ2) is 43.4. The first-order chi connectivity index (χ1) is 52.2. The molecule has 0 saturated carbocycles. The SMILES string of the molecule is CN1Cc2c(Cl)cc(Cl)cc2[C@H](c2cccc(S(=O)(=O)CCCOCCOCCNC(=O)CCN(CCC(=O)NCCOCCOCCCS(=O)(=O)c3cccc([C@@H]4CN(C)Cc5c(Cl)cc(Cl)cc54)c3)CCC(=O)NCCOCCOCCCS(=O)(=O)c3cccc([C@@H]4CN(C)Cc5c(Cl)cc(Cl)cc54)c3)c2)C1. The first-order valence-corrected chi connectivity index (χ1v) is 43.9. The van der Waals surface area contributed by atoms with Crippen molar-refractivity contribution < 1.29 is 68.1 Å². The van der Waals surface area contributed by atoms with Crippen LogP contribution in [0.2, 0.25) is 30.1 Å². The molecule has 109 heavy (non-hydrogen) atoms. The Morgan fingerprint density at radius 2 is 0.651 bits per heavy atom. The molecule has 3 aliphatic rings. The van der Waals surface area contributed by atoms with Gasteiger partial charge in [0.1, 0.15) is 0 Å². The van der Waals surface area contributed by atoms with E-state index in [0.29, 0.717) is 69.4 Å². The van der Waals surface area contributed by atoms with Crippen LogP contribution in [0.3, 0.4) is 0 Å². The average Bonchev–Trinajstić information content (AvgIpc) is 0.783. The minimum Gasteiger partial charge on any atom is -0.379 e. The number of hydrogen-bond donors (Lipinski definition) is 3. The molecule has 6 aromatic carbocycles. The number of nitrogens with one attached hydrogen (secondary N) is 3. The summed E-state index contributed by atoms with van der Waals surface area (Å²) in [6, 6.07) is 32.0. The van der Waals surface area contributed by atoms with Crippen molar-refractivity contribution in [2.75, 3.05) is 177 Å². The molecule has 0 fully saturated rings. The first kappa shape index (κ1) is 87.9. The number of hydrogen-bond acceptors (Lipinski definition) is 19. The van der Waals surface area contributed by atoms with Gasteiger partial charge in [-0.3, -0.25) is 14.4 Å². The Morgan fingerprint density at radius 3 is 0.927 bits per heavy atom. The Balaban J connectivity index is 0.641. The van der Waals surface area contributed by atoms with Crippen molar-refractivity contribution in [1.82, 2.24) is 35.6 Å². The number of fused-ring (bicyclic) bond motifs is 3. The lowest BCUT2D eigenvalue weighted by atomic mass is 9.85. The number of rotatable bonds is 45. The van der Waals surface area contributed by atoms with E-state index in [1.807, 2.05) is 62.4 Å². The van der Waals surface area contributed by atoms with Crippen LogP contribution in [0.15, 0.2) is 124 Å². The zero-order chi connectivity index (χ0) is 78.1. The van der Waals surface area contributed by atoms with Crippen LogP contribution in [0.1, 0.15) is 106 Å². The van der Waals surface area contributed by atoms with Gasteiger partial charge in [-0.05, 0) is 163 Å². The molecular formula is C78H99Cl6N7O15S3. The molecule has 3 N–H and O–H groups in total. The number of carbonyl (C=O) groups excluding carboxylic acids is 3. The fourth-order valence-electron chi connectivity index (χ4n) is 13.7. The van der Waals surface area contributed by atoms with Gasteiger partial charge in [-0.25, -0.2) is 25.3 Å². The summed E-state index contributed by atoms with van der Waals surface area (Å²) in [5.41, 5.74) is 8.52. The highest BCUT2D eigenvalue weighted by molar-refractivity contribution is 7.92. The summed E-state index contributed by atoms with van der Waals surface area (Å²) in [7, 11) is -4.84. The number of ether oxygens (including phenoxy) is 6. The highest BCUT2D eigenvalue weighted by atomic mass is 35.5. The number of benzene rings is 6. The number of nitrogens with zero attached hydrogens (tertiary/aromatic N) is 4. The first-order valence-electron chi connectivity index (χ1n) is 36.7. The molecule has 0 aliphatic carbocycles. The molecule has 0 saturated heterocycles. The fourth-order valence-corrected chi connectivity index (χ4v) is 19.4. The van der Waals surface area contributed by atoms with Crippen LogP contribution in [0, 0.1) is 0 Å². The number of likely N-dealkylation sites (N-methyl/N-ethyl adjacent to an activating group) is 3. The molecule has 0 bridgehead atoms. The van der Waals surface area contributed by atoms with Gasteiger partial charge in [-0.2, -0.15) is 0 Å². The van der Waals surface area contributed by atoms with E-state index in [9.17, 15) is 39.6 Å². The van der Waals surface area contributed by atoms with Crippen LogP contribution >= 0.6 is 69.6 Å². The van der Waals surface area contributed by atoms with E-state index in [1.54, 1.807) is 72.8 Å². The van der Waals surface area contributed by atoms with Gasteiger partial charge in [0.05, 0.1) is 91.4 Å². The zero-order valence-corrected chi connectivity index (χ0v) is 68.8. The van der Waals surface area contributed by atoms with Crippen LogP contribution in [0.25, 0.3) is 0 Å². The standard InChI is InChI=1S/C78H99Cl6N7O15S3/c1-88-49-67(64-43-58(79)46-73(82)70(64)52-88)55-10-4-13-61(40-55)107(95,96)37-7-25-101-31-34-104-28-19-85-76(92)16-22-91(23-17-77(93)86-20-29-105-35-32-102-26-8-38-108(97,98)62-14-5-11-56(41-62)68-50-89(2)53-71-65(68)44-59(80)47-74(71)83)24-18-78(94)87-21-30-106-36-33-103-27-9-39-109(99,100)63-15-6-12-57(42-63)69-51-90(3)54-72-66(69)45-60(81)48-75(72)84/h4-6,10-15,40-48,67-69H,7-9,16-39,49-54H2,1-3H3,(H,85,92)(H,86,93)(H,87,94)/t67-,68-,69-/m0/s1. The van der Waals surface area contributed by atoms with E-state index in [0.717, 1.165) is 50.1 Å². The van der Waals surface area contributed by atoms with Crippen LogP contribution in [0.5, 0.6) is 0 Å². The van der Waals surface area contributed by atoms with Crippen LogP contribution < -0.4 is 16.0 Å². The Labute approximate surface area is 672 Å². The zero-order valence-electron chi connectivity index (χ0n) is 61.9. The molecule has 596 valence electrons. The molecule has 3 atom stereocenters. The summed E-state index contributed by atoms with van der Waals surface area (Å²) in [6.07, 6.45) is 1.08. The number of carbonyl (C=O) groups is 3. The van der Waals surface area contributed by atoms with E-state index in [4.69, 9.17) is 98.0 Å². The highest BCUT2D eigenvalue weighted by Gasteiger charge is 2.32. The van der Waals surface area contributed by atoms with Crippen molar-refractivity contribution in [2.45, 2.75) is 90.6 Å². The summed E-state index contributed by atoms with van der Waals surface area (Å²) in [6.45, 7) is 8.07. The highest BCUT2D eigenvalue weighted by Crippen LogP contribution is 2.42. The molecular weight excluding hydrogens is 1580 g/mol. The molecule has 0 unspecified atom stereocenters. The van der Waals surface area contributed by atoms with Crippen LogP contribution in [-0.4, -0.2) is 239 Å². The average molecular weight is 1680 g/mol. The van der Waals surface area contributed by atoms with Crippen LogP contribution in [0.4, 0.5) is 0 Å². The summed E-state index contributed by atoms with van der Waals surface area (Å²) >= 11 is 38.9. The molecule has 3 heterocycles. The Hall–Kier alpha value is -5.08. The van der Waals surface area contributed by atoms with Gasteiger partial charge >= 0.3 is 0 Å². The summed E-state index contributed by atoms with van der Waals surface area (Å²) < 4.78 is 115. The van der Waals surface area contributed by atoms with Crippen molar-refractivity contribution in [2.24, 2.45) is 0 Å². The Morgan fingerprint density at radius 1 is 0.385 bits per heavy atom. The number of halogens is 6. The molecule has 9 rings (SSSR count). The smallest absolute Gasteiger partial charge is 0.221 e. The lowest BCUT2D eigenvalue weighted by Gasteiger charge is -2.33. The third kappa shape index (κ3) is 27.3. The largest absolute Gasteiger partial charge is 0.379 e. The maximum atomic E-state index is 13.5. The number of amides is 3. The van der Waals surface area contributed by atoms with Gasteiger partial charge in [0.15, 0.2) is 29.5 Å². The molecule has 3 amide bonds. The van der Waals surface area contributed by atoms with Crippen molar-refractivity contribution >= 4 is 117 Å². The molecule has 3 aliphatic heterocycles. The lowest BCUT2D eigenvalue weighted by molar-refractivity contribution is -0.121.